The molecule has 0 atom stereocenters. The van der Waals surface area contributed by atoms with E-state index in [1.54, 1.807) is 36.4 Å². The van der Waals surface area contributed by atoms with Crippen molar-refractivity contribution in [3.05, 3.63) is 63.7 Å². The Kier molecular flexibility index (Phi) is 9.66. The average molecular weight is 517 g/mol. The fourth-order valence-electron chi connectivity index (χ4n) is 4.14. The zero-order chi connectivity index (χ0) is 27.7. The zero-order valence-electron chi connectivity index (χ0n) is 22.1. The van der Waals surface area contributed by atoms with Crippen LogP contribution in [0.2, 0.25) is 0 Å². The van der Waals surface area contributed by atoms with Crippen LogP contribution in [0.25, 0.3) is 11.1 Å². The number of pyridine rings is 1. The number of aryl methyl sites for hydroxylation is 1. The molecular weight excluding hydrogens is 484 g/mol. The number of aromatic hydroxyl groups is 1. The maximum Gasteiger partial charge on any atom is 0.261 e. The Bertz CT molecular complexity index is 1400. The number of carbonyl (C=O) groups is 1. The lowest BCUT2D eigenvalue weighted by Gasteiger charge is -2.19. The minimum absolute atomic E-state index is 0.00958. The number of nitrogens with zero attached hydrogens (tertiary/aromatic N) is 2. The maximum atomic E-state index is 13.2. The second kappa shape index (κ2) is 13.1. The van der Waals surface area contributed by atoms with Crippen LogP contribution < -0.4 is 20.3 Å². The fraction of sp³-hybridized carbons (Fsp3) is 0.310. The summed E-state index contributed by atoms with van der Waals surface area (Å²) in [6.07, 6.45) is 12.8. The Labute approximate surface area is 222 Å². The smallest absolute Gasteiger partial charge is 0.261 e. The van der Waals surface area contributed by atoms with Crippen LogP contribution in [0.3, 0.4) is 0 Å². The van der Waals surface area contributed by atoms with Gasteiger partial charge in [-0.1, -0.05) is 37.5 Å². The third kappa shape index (κ3) is 6.21. The Hall–Kier alpha value is -4.58. The quantitative estimate of drug-likeness (QED) is 0.304. The first-order valence-electron chi connectivity index (χ1n) is 12.3. The SMILES string of the molecule is C#C/C(=C\C=C/C)NC(=O)CC1=NN=C(c2c(O)c(-c3c(OC)cccc3OC)c(CCCC)[nH]c2=O)C1. The molecule has 3 N–H and O–H groups in total. The van der Waals surface area contributed by atoms with Crippen molar-refractivity contribution in [1.29, 1.82) is 0 Å². The number of terminal acetylenes is 1. The number of unbranched alkanes of at least 4 members (excludes halogenated alkanes) is 1. The summed E-state index contributed by atoms with van der Waals surface area (Å²) < 4.78 is 11.2. The molecule has 1 aromatic heterocycles. The number of hydrogen-bond acceptors (Lipinski definition) is 7. The second-order valence-electron chi connectivity index (χ2n) is 8.54. The molecule has 0 radical (unpaired) electrons. The van der Waals surface area contributed by atoms with Gasteiger partial charge in [0, 0.05) is 12.1 Å². The molecule has 198 valence electrons. The fourth-order valence-corrected chi connectivity index (χ4v) is 4.14. The molecule has 0 saturated heterocycles. The summed E-state index contributed by atoms with van der Waals surface area (Å²) >= 11 is 0. The van der Waals surface area contributed by atoms with Gasteiger partial charge in [-0.05, 0) is 38.0 Å². The number of aromatic nitrogens is 1. The van der Waals surface area contributed by atoms with Gasteiger partial charge in [0.05, 0.1) is 48.9 Å². The van der Waals surface area contributed by atoms with Crippen LogP contribution in [0.15, 0.2) is 57.1 Å². The zero-order valence-corrected chi connectivity index (χ0v) is 22.1. The average Bonchev–Trinajstić information content (AvgIpc) is 3.36. The molecule has 9 heteroatoms. The molecule has 38 heavy (non-hydrogen) atoms. The summed E-state index contributed by atoms with van der Waals surface area (Å²) in [7, 11) is 3.05. The van der Waals surface area contributed by atoms with Crippen LogP contribution in [0.4, 0.5) is 0 Å². The van der Waals surface area contributed by atoms with Crippen molar-refractivity contribution in [1.82, 2.24) is 10.3 Å². The van der Waals surface area contributed by atoms with Crippen molar-refractivity contribution in [2.75, 3.05) is 14.2 Å². The third-order valence-electron chi connectivity index (χ3n) is 5.95. The third-order valence-corrected chi connectivity index (χ3v) is 5.95. The molecule has 0 bridgehead atoms. The van der Waals surface area contributed by atoms with Gasteiger partial charge < -0.3 is 24.9 Å². The Morgan fingerprint density at radius 1 is 1.21 bits per heavy atom. The highest BCUT2D eigenvalue weighted by Crippen LogP contribution is 2.45. The highest BCUT2D eigenvalue weighted by molar-refractivity contribution is 6.19. The number of benzene rings is 1. The topological polar surface area (TPSA) is 125 Å². The normalized spacial score (nSPS) is 13.2. The minimum Gasteiger partial charge on any atom is -0.506 e. The van der Waals surface area contributed by atoms with Gasteiger partial charge >= 0.3 is 0 Å². The number of amides is 1. The van der Waals surface area contributed by atoms with E-state index in [-0.39, 0.29) is 35.8 Å². The van der Waals surface area contributed by atoms with E-state index in [0.29, 0.717) is 46.1 Å². The molecule has 0 saturated carbocycles. The van der Waals surface area contributed by atoms with Crippen molar-refractivity contribution in [3.63, 3.8) is 0 Å². The number of hydrogen-bond donors (Lipinski definition) is 3. The monoisotopic (exact) mass is 516 g/mol. The number of ether oxygens (including phenoxy) is 2. The predicted molar refractivity (Wildman–Crippen MR) is 149 cm³/mol. The van der Waals surface area contributed by atoms with E-state index in [0.717, 1.165) is 12.8 Å². The van der Waals surface area contributed by atoms with Gasteiger partial charge in [0.1, 0.15) is 22.8 Å². The van der Waals surface area contributed by atoms with Crippen molar-refractivity contribution < 1.29 is 19.4 Å². The number of aromatic amines is 1. The second-order valence-corrected chi connectivity index (χ2v) is 8.54. The summed E-state index contributed by atoms with van der Waals surface area (Å²) in [5, 5.41) is 22.4. The number of carbonyl (C=O) groups excluding carboxylic acids is 1. The maximum absolute atomic E-state index is 13.2. The molecule has 0 unspecified atom stereocenters. The summed E-state index contributed by atoms with van der Waals surface area (Å²) in [4.78, 5) is 28.6. The van der Waals surface area contributed by atoms with E-state index < -0.39 is 5.56 Å². The molecule has 2 heterocycles. The van der Waals surface area contributed by atoms with E-state index in [1.807, 2.05) is 13.8 Å². The molecular formula is C29H32N4O5. The van der Waals surface area contributed by atoms with Crippen molar-refractivity contribution in [2.45, 2.75) is 46.0 Å². The van der Waals surface area contributed by atoms with Crippen LogP contribution in [0.1, 0.15) is 50.8 Å². The Morgan fingerprint density at radius 2 is 1.92 bits per heavy atom. The molecule has 9 nitrogen and oxygen atoms in total. The molecule has 3 rings (SSSR count). The number of methoxy groups -OCH3 is 2. The molecule has 0 fully saturated rings. The highest BCUT2D eigenvalue weighted by atomic mass is 16.5. The van der Waals surface area contributed by atoms with Gasteiger partial charge in [0.25, 0.3) is 5.56 Å². The van der Waals surface area contributed by atoms with Gasteiger partial charge in [-0.3, -0.25) is 9.59 Å². The first kappa shape index (κ1) is 28.0. The molecule has 1 aliphatic rings. The Balaban J connectivity index is 1.98. The molecule has 2 aromatic rings. The summed E-state index contributed by atoms with van der Waals surface area (Å²) in [6.45, 7) is 3.88. The minimum atomic E-state index is -0.491. The van der Waals surface area contributed by atoms with Crippen LogP contribution >= 0.6 is 0 Å². The molecule has 1 aromatic carbocycles. The van der Waals surface area contributed by atoms with Gasteiger partial charge in [-0.15, -0.1) is 6.42 Å². The van der Waals surface area contributed by atoms with Crippen molar-refractivity contribution >= 4 is 17.3 Å². The summed E-state index contributed by atoms with van der Waals surface area (Å²) in [6, 6.07) is 5.30. The lowest BCUT2D eigenvalue weighted by Crippen LogP contribution is -2.26. The summed E-state index contributed by atoms with van der Waals surface area (Å²) in [5.41, 5.74) is 2.00. The summed E-state index contributed by atoms with van der Waals surface area (Å²) in [5.74, 6) is 2.77. The van der Waals surface area contributed by atoms with E-state index in [1.165, 1.54) is 14.2 Å². The number of allylic oxidation sites excluding steroid dienone is 4. The van der Waals surface area contributed by atoms with Crippen molar-refractivity contribution in [2.24, 2.45) is 10.2 Å². The van der Waals surface area contributed by atoms with E-state index in [2.05, 4.69) is 26.4 Å². The van der Waals surface area contributed by atoms with E-state index >= 15 is 0 Å². The van der Waals surface area contributed by atoms with Crippen molar-refractivity contribution in [3.8, 4) is 40.7 Å². The van der Waals surface area contributed by atoms with Gasteiger partial charge in [-0.2, -0.15) is 10.2 Å². The highest BCUT2D eigenvalue weighted by Gasteiger charge is 2.28. The number of H-pyrrole nitrogens is 1. The number of rotatable bonds is 11. The van der Waals surface area contributed by atoms with E-state index in [4.69, 9.17) is 15.9 Å². The first-order valence-corrected chi connectivity index (χ1v) is 12.3. The van der Waals surface area contributed by atoms with Gasteiger partial charge in [0.15, 0.2) is 0 Å². The lowest BCUT2D eigenvalue weighted by molar-refractivity contribution is -0.119. The molecule has 0 spiro atoms. The largest absolute Gasteiger partial charge is 0.506 e. The van der Waals surface area contributed by atoms with Gasteiger partial charge in [0.2, 0.25) is 5.91 Å². The van der Waals surface area contributed by atoms with Gasteiger partial charge in [-0.25, -0.2) is 0 Å². The molecule has 1 aliphatic heterocycles. The molecule has 1 amide bonds. The van der Waals surface area contributed by atoms with Crippen LogP contribution in [-0.2, 0) is 11.2 Å². The van der Waals surface area contributed by atoms with Crippen LogP contribution in [0.5, 0.6) is 17.2 Å². The molecule has 0 aliphatic carbocycles. The van der Waals surface area contributed by atoms with E-state index in [9.17, 15) is 14.7 Å². The Morgan fingerprint density at radius 3 is 2.53 bits per heavy atom. The standard InChI is InChI=1S/C29H32N4O5/c1-6-9-12-18(8-3)30-24(34)17-19-16-21(33-32-19)26-28(35)25(20(13-10-7-2)31-29(26)36)27-22(37-4)14-11-15-23(27)38-5/h3,6,9,11-12,14-15H,7,10,13,16-17H2,1-2,4-5H3,(H,30,34)(H2,31,35,36)/b9-6-,18-12+. The number of nitrogens with one attached hydrogen (secondary N) is 2. The predicted octanol–water partition coefficient (Wildman–Crippen LogP) is 4.26. The first-order chi connectivity index (χ1) is 18.4. The lowest BCUT2D eigenvalue weighted by atomic mass is 9.93. The van der Waals surface area contributed by atoms with Crippen LogP contribution in [0, 0.1) is 12.3 Å². The van der Waals surface area contributed by atoms with Crippen LogP contribution in [-0.4, -0.2) is 41.6 Å².